The molecule has 0 aliphatic carbocycles. The van der Waals surface area contributed by atoms with E-state index in [4.69, 9.17) is 10.8 Å². The molecular weight excluding hydrogens is 262 g/mol. The summed E-state index contributed by atoms with van der Waals surface area (Å²) in [4.78, 5) is 16.3. The minimum atomic E-state index is -1.05. The van der Waals surface area contributed by atoms with E-state index >= 15 is 0 Å². The fraction of sp³-hybridized carbons (Fsp3) is 0.231. The molecule has 4 N–H and O–H groups in total. The molecule has 0 bridgehead atoms. The average Bonchev–Trinajstić information content (AvgIpc) is 2.84. The first-order chi connectivity index (χ1) is 9.11. The fourth-order valence-electron chi connectivity index (χ4n) is 1.76. The van der Waals surface area contributed by atoms with Crippen molar-refractivity contribution in [3.8, 4) is 0 Å². The molecule has 5 nitrogen and oxygen atoms in total. The molecule has 2 rings (SSSR count). The van der Waals surface area contributed by atoms with E-state index in [9.17, 15) is 4.79 Å². The molecule has 0 aliphatic heterocycles. The highest BCUT2D eigenvalue weighted by Crippen LogP contribution is 2.20. The number of hydrogen-bond donors (Lipinski definition) is 3. The van der Waals surface area contributed by atoms with E-state index in [1.54, 1.807) is 11.3 Å². The zero-order valence-corrected chi connectivity index (χ0v) is 11.3. The van der Waals surface area contributed by atoms with Crippen LogP contribution in [0.15, 0.2) is 23.7 Å². The molecule has 0 amide bonds. The van der Waals surface area contributed by atoms with Crippen LogP contribution in [0.5, 0.6) is 0 Å². The van der Waals surface area contributed by atoms with Gasteiger partial charge in [0, 0.05) is 4.88 Å². The van der Waals surface area contributed by atoms with Crippen LogP contribution < -0.4 is 11.1 Å². The maximum Gasteiger partial charge on any atom is 0.337 e. The van der Waals surface area contributed by atoms with Gasteiger partial charge in [-0.3, -0.25) is 0 Å². The number of carboxylic acids is 1. The second-order valence-corrected chi connectivity index (χ2v) is 5.04. The zero-order valence-electron chi connectivity index (χ0n) is 10.5. The molecular formula is C13H15N3O2S. The van der Waals surface area contributed by atoms with Crippen molar-refractivity contribution in [3.05, 3.63) is 39.7 Å². The number of nitrogens with zero attached hydrogens (tertiary/aromatic N) is 1. The Morgan fingerprint density at radius 2 is 2.37 bits per heavy atom. The molecule has 0 radical (unpaired) electrons. The number of carbonyl (C=O) groups is 1. The topological polar surface area (TPSA) is 88.2 Å². The van der Waals surface area contributed by atoms with Gasteiger partial charge in [-0.2, -0.15) is 0 Å². The van der Waals surface area contributed by atoms with Crippen molar-refractivity contribution in [2.45, 2.75) is 19.9 Å². The van der Waals surface area contributed by atoms with Gasteiger partial charge in [-0.05, 0) is 29.5 Å². The summed E-state index contributed by atoms with van der Waals surface area (Å²) in [5, 5.41) is 14.2. The normalized spacial score (nSPS) is 10.4. The predicted molar refractivity (Wildman–Crippen MR) is 76.6 cm³/mol. The Bertz CT molecular complexity index is 595. The second kappa shape index (κ2) is 5.71. The Morgan fingerprint density at radius 3 is 3.05 bits per heavy atom. The van der Waals surface area contributed by atoms with Crippen molar-refractivity contribution in [2.24, 2.45) is 0 Å². The Kier molecular flexibility index (Phi) is 4.01. The van der Waals surface area contributed by atoms with E-state index in [0.29, 0.717) is 12.4 Å². The first kappa shape index (κ1) is 13.4. The van der Waals surface area contributed by atoms with Crippen LogP contribution in [0.1, 0.15) is 27.7 Å². The molecule has 2 aromatic rings. The zero-order chi connectivity index (χ0) is 13.8. The maximum atomic E-state index is 11.0. The van der Waals surface area contributed by atoms with E-state index in [-0.39, 0.29) is 11.3 Å². The van der Waals surface area contributed by atoms with E-state index in [1.165, 1.54) is 22.7 Å². The first-order valence-electron chi connectivity index (χ1n) is 5.89. The first-order valence-corrected chi connectivity index (χ1v) is 6.77. The number of aromatic nitrogens is 1. The van der Waals surface area contributed by atoms with E-state index in [2.05, 4.69) is 28.7 Å². The van der Waals surface area contributed by atoms with Crippen LogP contribution >= 0.6 is 11.3 Å². The van der Waals surface area contributed by atoms with Gasteiger partial charge in [0.2, 0.25) is 0 Å². The molecule has 0 unspecified atom stereocenters. The average molecular weight is 277 g/mol. The van der Waals surface area contributed by atoms with Crippen molar-refractivity contribution in [2.75, 3.05) is 11.1 Å². The molecule has 0 saturated carbocycles. The number of thiophene rings is 1. The third kappa shape index (κ3) is 3.03. The summed E-state index contributed by atoms with van der Waals surface area (Å²) in [6.07, 6.45) is 2.34. The van der Waals surface area contributed by atoms with E-state index in [1.807, 2.05) is 0 Å². The third-order valence-corrected chi connectivity index (χ3v) is 3.78. The highest BCUT2D eigenvalue weighted by molar-refractivity contribution is 7.10. The van der Waals surface area contributed by atoms with Crippen LogP contribution in [0.25, 0.3) is 0 Å². The Hall–Kier alpha value is -2.08. The number of nitrogens with one attached hydrogen (secondary N) is 1. The Labute approximate surface area is 115 Å². The van der Waals surface area contributed by atoms with Gasteiger partial charge in [-0.15, -0.1) is 11.3 Å². The molecule has 6 heteroatoms. The van der Waals surface area contributed by atoms with Gasteiger partial charge < -0.3 is 16.2 Å². The molecule has 2 heterocycles. The molecule has 0 aliphatic rings. The van der Waals surface area contributed by atoms with Crippen LogP contribution in [0.2, 0.25) is 0 Å². The Morgan fingerprint density at radius 1 is 1.58 bits per heavy atom. The summed E-state index contributed by atoms with van der Waals surface area (Å²) in [6.45, 7) is 2.74. The molecule has 0 spiro atoms. The molecule has 0 atom stereocenters. The van der Waals surface area contributed by atoms with Crippen LogP contribution in [-0.2, 0) is 13.0 Å². The number of rotatable bonds is 5. The molecule has 0 saturated heterocycles. The van der Waals surface area contributed by atoms with Gasteiger partial charge in [0.15, 0.2) is 0 Å². The molecule has 19 heavy (non-hydrogen) atoms. The minimum absolute atomic E-state index is 0.0689. The number of aromatic carboxylic acids is 1. The summed E-state index contributed by atoms with van der Waals surface area (Å²) >= 11 is 1.68. The number of carboxylic acid groups (broad SMARTS) is 1. The maximum absolute atomic E-state index is 11.0. The van der Waals surface area contributed by atoms with Crippen LogP contribution in [0.3, 0.4) is 0 Å². The van der Waals surface area contributed by atoms with E-state index in [0.717, 1.165) is 6.42 Å². The smallest absolute Gasteiger partial charge is 0.337 e. The van der Waals surface area contributed by atoms with Crippen molar-refractivity contribution >= 4 is 28.8 Å². The highest BCUT2D eigenvalue weighted by atomic mass is 32.1. The van der Waals surface area contributed by atoms with Gasteiger partial charge in [0.25, 0.3) is 0 Å². The van der Waals surface area contributed by atoms with Gasteiger partial charge in [-0.25, -0.2) is 9.78 Å². The molecule has 100 valence electrons. The van der Waals surface area contributed by atoms with E-state index < -0.39 is 5.97 Å². The Balaban J connectivity index is 2.12. The molecule has 2 aromatic heterocycles. The monoisotopic (exact) mass is 277 g/mol. The standard InChI is InChI=1S/C13H15N3O2S/c1-2-8-3-4-19-11(8)7-16-12-5-9(13(17)18)10(14)6-15-12/h3-6H,2,7,14H2,1H3,(H,15,16)(H,17,18). The lowest BCUT2D eigenvalue weighted by molar-refractivity contribution is 0.0698. The lowest BCUT2D eigenvalue weighted by atomic mass is 10.2. The summed E-state index contributed by atoms with van der Waals surface area (Å²) in [5.41, 5.74) is 7.09. The lowest BCUT2D eigenvalue weighted by Gasteiger charge is -2.07. The van der Waals surface area contributed by atoms with Crippen LogP contribution in [0.4, 0.5) is 11.5 Å². The summed E-state index contributed by atoms with van der Waals surface area (Å²) < 4.78 is 0. The van der Waals surface area contributed by atoms with Crippen LogP contribution in [-0.4, -0.2) is 16.1 Å². The van der Waals surface area contributed by atoms with Crippen molar-refractivity contribution < 1.29 is 9.90 Å². The fourth-order valence-corrected chi connectivity index (χ4v) is 2.67. The number of anilines is 2. The quantitative estimate of drug-likeness (QED) is 0.781. The van der Waals surface area contributed by atoms with Gasteiger partial charge in [0.1, 0.15) is 5.82 Å². The highest BCUT2D eigenvalue weighted by Gasteiger charge is 2.10. The summed E-state index contributed by atoms with van der Waals surface area (Å²) in [6, 6.07) is 3.55. The minimum Gasteiger partial charge on any atom is -0.478 e. The third-order valence-electron chi connectivity index (χ3n) is 2.81. The number of aryl methyl sites for hydroxylation is 1. The van der Waals surface area contributed by atoms with Gasteiger partial charge in [0.05, 0.1) is 24.0 Å². The predicted octanol–water partition coefficient (Wildman–Crippen LogP) is 2.60. The van der Waals surface area contributed by atoms with Crippen molar-refractivity contribution in [3.63, 3.8) is 0 Å². The summed E-state index contributed by atoms with van der Waals surface area (Å²) in [5.74, 6) is -0.532. The van der Waals surface area contributed by atoms with Crippen LogP contribution in [0, 0.1) is 0 Å². The van der Waals surface area contributed by atoms with Crippen molar-refractivity contribution in [1.29, 1.82) is 0 Å². The summed E-state index contributed by atoms with van der Waals surface area (Å²) in [7, 11) is 0. The SMILES string of the molecule is CCc1ccsc1CNc1cc(C(=O)O)c(N)cn1. The number of nitrogens with two attached hydrogens (primary N) is 1. The number of nitrogen functional groups attached to an aromatic ring is 1. The van der Waals surface area contributed by atoms with Crippen molar-refractivity contribution in [1.82, 2.24) is 4.98 Å². The largest absolute Gasteiger partial charge is 0.478 e. The molecule has 0 aromatic carbocycles. The second-order valence-electron chi connectivity index (χ2n) is 4.04. The number of pyridine rings is 1. The molecule has 0 fully saturated rings. The van der Waals surface area contributed by atoms with Gasteiger partial charge >= 0.3 is 5.97 Å². The van der Waals surface area contributed by atoms with Gasteiger partial charge in [-0.1, -0.05) is 6.92 Å². The number of hydrogen-bond acceptors (Lipinski definition) is 5. The lowest BCUT2D eigenvalue weighted by Crippen LogP contribution is -2.07.